The van der Waals surface area contributed by atoms with Crippen LogP contribution in [0, 0.1) is 0 Å². The number of ether oxygens (including phenoxy) is 1. The minimum Gasteiger partial charge on any atom is -0.469 e. The third-order valence-corrected chi connectivity index (χ3v) is 2.87. The van der Waals surface area contributed by atoms with Crippen molar-refractivity contribution in [1.82, 2.24) is 4.72 Å². The van der Waals surface area contributed by atoms with Gasteiger partial charge in [-0.1, -0.05) is 0 Å². The second-order valence-electron chi connectivity index (χ2n) is 4.03. The summed E-state index contributed by atoms with van der Waals surface area (Å²) in [6.07, 6.45) is 1.14. The number of carbonyl (C=O) groups is 2. The van der Waals surface area contributed by atoms with E-state index in [9.17, 15) is 18.0 Å². The van der Waals surface area contributed by atoms with E-state index in [0.29, 0.717) is 12.2 Å². The van der Waals surface area contributed by atoms with Gasteiger partial charge in [0, 0.05) is 17.8 Å². The zero-order chi connectivity index (χ0) is 15.2. The molecule has 110 valence electrons. The molecule has 1 aromatic carbocycles. The number of methoxy groups -OCH3 is 1. The maximum absolute atomic E-state index is 11.5. The number of hydrogen-bond acceptors (Lipinski definition) is 6. The lowest BCUT2D eigenvalue weighted by Gasteiger charge is -2.07. The molecule has 0 heterocycles. The Morgan fingerprint density at radius 3 is 2.30 bits per heavy atom. The predicted octanol–water partition coefficient (Wildman–Crippen LogP) is 0.351. The topological polar surface area (TPSA) is 102 Å². The quantitative estimate of drug-likeness (QED) is 0.735. The van der Waals surface area contributed by atoms with Crippen molar-refractivity contribution in [3.63, 3.8) is 0 Å². The molecule has 0 aliphatic carbocycles. The Morgan fingerprint density at radius 2 is 1.80 bits per heavy atom. The number of amides is 1. The molecule has 0 aliphatic heterocycles. The first kappa shape index (κ1) is 16.0. The molecule has 0 bridgehead atoms. The molecule has 1 aromatic rings. The molecular formula is C12H16N2O5S. The van der Waals surface area contributed by atoms with Crippen LogP contribution in [0.4, 0.5) is 5.69 Å². The van der Waals surface area contributed by atoms with E-state index in [-0.39, 0.29) is 18.0 Å². The second kappa shape index (κ2) is 6.90. The summed E-state index contributed by atoms with van der Waals surface area (Å²) in [4.78, 5) is 22.4. The van der Waals surface area contributed by atoms with Crippen molar-refractivity contribution in [3.05, 3.63) is 29.8 Å². The van der Waals surface area contributed by atoms with E-state index in [4.69, 9.17) is 0 Å². The molecule has 0 saturated carbocycles. The molecule has 0 unspecified atom stereocenters. The molecule has 1 rings (SSSR count). The molecule has 0 fully saturated rings. The van der Waals surface area contributed by atoms with Gasteiger partial charge in [0.25, 0.3) is 5.91 Å². The molecular weight excluding hydrogens is 284 g/mol. The van der Waals surface area contributed by atoms with Gasteiger partial charge in [-0.3, -0.25) is 9.59 Å². The summed E-state index contributed by atoms with van der Waals surface area (Å²) in [5, 5.41) is 2.97. The summed E-state index contributed by atoms with van der Waals surface area (Å²) in [5.74, 6) is -1.00. The van der Waals surface area contributed by atoms with E-state index in [1.165, 1.54) is 19.2 Å². The molecule has 7 nitrogen and oxygen atoms in total. The smallest absolute Gasteiger partial charge is 0.307 e. The molecule has 2 N–H and O–H groups in total. The van der Waals surface area contributed by atoms with Crippen molar-refractivity contribution in [2.75, 3.05) is 25.2 Å². The first-order valence-electron chi connectivity index (χ1n) is 5.74. The summed E-state index contributed by atoms with van der Waals surface area (Å²) in [5.41, 5.74) is 0.943. The van der Waals surface area contributed by atoms with Gasteiger partial charge in [0.2, 0.25) is 10.0 Å². The molecule has 20 heavy (non-hydrogen) atoms. The van der Waals surface area contributed by atoms with Crippen LogP contribution in [0.25, 0.3) is 0 Å². The van der Waals surface area contributed by atoms with Gasteiger partial charge in [0.1, 0.15) is 0 Å². The van der Waals surface area contributed by atoms with E-state index < -0.39 is 15.9 Å². The fourth-order valence-corrected chi connectivity index (χ4v) is 1.83. The van der Waals surface area contributed by atoms with Gasteiger partial charge < -0.3 is 10.1 Å². The fourth-order valence-electron chi connectivity index (χ4n) is 1.38. The number of anilines is 1. The van der Waals surface area contributed by atoms with Gasteiger partial charge in [-0.2, -0.15) is 0 Å². The van der Waals surface area contributed by atoms with Gasteiger partial charge in [-0.25, -0.2) is 13.1 Å². The van der Waals surface area contributed by atoms with Crippen LogP contribution in [0.5, 0.6) is 0 Å². The number of esters is 1. The Kier molecular flexibility index (Phi) is 5.51. The van der Waals surface area contributed by atoms with Crippen molar-refractivity contribution >= 4 is 27.6 Å². The number of carbonyl (C=O) groups excluding carboxylic acids is 2. The van der Waals surface area contributed by atoms with Crippen LogP contribution in [-0.2, 0) is 19.6 Å². The summed E-state index contributed by atoms with van der Waals surface area (Å²) in [6, 6.07) is 6.21. The van der Waals surface area contributed by atoms with Gasteiger partial charge >= 0.3 is 5.97 Å². The van der Waals surface area contributed by atoms with Crippen molar-refractivity contribution in [2.45, 2.75) is 6.42 Å². The number of benzene rings is 1. The Hall–Kier alpha value is -2.09. The standard InChI is InChI=1S/C12H16N2O5S/c1-19-11(15)7-8-13-10-5-3-9(4-6-10)12(16)14-20(2,17)18/h3-6,13H,7-8H2,1-2H3,(H,14,16). The monoisotopic (exact) mass is 300 g/mol. The van der Waals surface area contributed by atoms with Crippen molar-refractivity contribution in [3.8, 4) is 0 Å². The van der Waals surface area contributed by atoms with Crippen LogP contribution in [0.2, 0.25) is 0 Å². The van der Waals surface area contributed by atoms with Gasteiger partial charge in [-0.15, -0.1) is 0 Å². The molecule has 0 aliphatic rings. The lowest BCUT2D eigenvalue weighted by molar-refractivity contribution is -0.140. The van der Waals surface area contributed by atoms with E-state index in [0.717, 1.165) is 6.26 Å². The third kappa shape index (κ3) is 5.70. The number of rotatable bonds is 6. The summed E-state index contributed by atoms with van der Waals surface area (Å²) < 4.78 is 28.2. The van der Waals surface area contributed by atoms with Gasteiger partial charge in [0.15, 0.2) is 0 Å². The Balaban J connectivity index is 2.56. The zero-order valence-electron chi connectivity index (χ0n) is 11.2. The Labute approximate surface area is 117 Å². The highest BCUT2D eigenvalue weighted by atomic mass is 32.2. The summed E-state index contributed by atoms with van der Waals surface area (Å²) in [7, 11) is -2.26. The molecule has 0 atom stereocenters. The molecule has 0 radical (unpaired) electrons. The summed E-state index contributed by atoms with van der Waals surface area (Å²) in [6.45, 7) is 0.404. The van der Waals surface area contributed by atoms with E-state index >= 15 is 0 Å². The maximum atomic E-state index is 11.5. The molecule has 8 heteroatoms. The first-order valence-corrected chi connectivity index (χ1v) is 7.64. The van der Waals surface area contributed by atoms with Crippen LogP contribution >= 0.6 is 0 Å². The Bertz CT molecular complexity index is 580. The van der Waals surface area contributed by atoms with Crippen molar-refractivity contribution in [2.24, 2.45) is 0 Å². The van der Waals surface area contributed by atoms with Crippen LogP contribution in [-0.4, -0.2) is 40.2 Å². The number of sulfonamides is 1. The molecule has 0 aromatic heterocycles. The number of nitrogens with one attached hydrogen (secondary N) is 2. The fraction of sp³-hybridized carbons (Fsp3) is 0.333. The highest BCUT2D eigenvalue weighted by molar-refractivity contribution is 7.89. The van der Waals surface area contributed by atoms with E-state index in [1.54, 1.807) is 12.1 Å². The average molecular weight is 300 g/mol. The minimum absolute atomic E-state index is 0.229. The highest BCUT2D eigenvalue weighted by Gasteiger charge is 2.10. The predicted molar refractivity (Wildman–Crippen MR) is 73.9 cm³/mol. The Morgan fingerprint density at radius 1 is 1.20 bits per heavy atom. The maximum Gasteiger partial charge on any atom is 0.307 e. The van der Waals surface area contributed by atoms with Crippen LogP contribution in [0.15, 0.2) is 24.3 Å². The van der Waals surface area contributed by atoms with Crippen molar-refractivity contribution < 1.29 is 22.7 Å². The minimum atomic E-state index is -3.57. The van der Waals surface area contributed by atoms with Gasteiger partial charge in [0.05, 0.1) is 19.8 Å². The normalized spacial score (nSPS) is 10.7. The van der Waals surface area contributed by atoms with Gasteiger partial charge in [-0.05, 0) is 24.3 Å². The molecule has 0 saturated heterocycles. The first-order chi connectivity index (χ1) is 9.31. The lowest BCUT2D eigenvalue weighted by Crippen LogP contribution is -2.29. The average Bonchev–Trinajstić information content (AvgIpc) is 2.37. The van der Waals surface area contributed by atoms with Crippen molar-refractivity contribution in [1.29, 1.82) is 0 Å². The van der Waals surface area contributed by atoms with Crippen LogP contribution in [0.1, 0.15) is 16.8 Å². The molecule has 1 amide bonds. The SMILES string of the molecule is COC(=O)CCNc1ccc(C(=O)NS(C)(=O)=O)cc1. The lowest BCUT2D eigenvalue weighted by atomic mass is 10.2. The summed E-state index contributed by atoms with van der Waals surface area (Å²) >= 11 is 0. The highest BCUT2D eigenvalue weighted by Crippen LogP contribution is 2.09. The number of hydrogen-bond donors (Lipinski definition) is 2. The van der Waals surface area contributed by atoms with E-state index in [2.05, 4.69) is 10.1 Å². The van der Waals surface area contributed by atoms with Crippen LogP contribution < -0.4 is 10.0 Å². The zero-order valence-corrected chi connectivity index (χ0v) is 12.0. The third-order valence-electron chi connectivity index (χ3n) is 2.31. The largest absolute Gasteiger partial charge is 0.469 e. The van der Waals surface area contributed by atoms with Crippen LogP contribution in [0.3, 0.4) is 0 Å². The van der Waals surface area contributed by atoms with E-state index in [1.807, 2.05) is 4.72 Å². The second-order valence-corrected chi connectivity index (χ2v) is 5.78. The molecule has 0 spiro atoms.